The molecule has 0 saturated carbocycles. The minimum atomic E-state index is -0.227. The summed E-state index contributed by atoms with van der Waals surface area (Å²) in [5.41, 5.74) is 2.61. The zero-order valence-corrected chi connectivity index (χ0v) is 10.6. The van der Waals surface area contributed by atoms with Crippen LogP contribution in [0, 0.1) is 12.7 Å². The zero-order chi connectivity index (χ0) is 13.0. The molecule has 0 bridgehead atoms. The summed E-state index contributed by atoms with van der Waals surface area (Å²) in [7, 11) is 0. The predicted octanol–water partition coefficient (Wildman–Crippen LogP) is 3.41. The lowest BCUT2D eigenvalue weighted by molar-refractivity contribution is 0.627. The van der Waals surface area contributed by atoms with Crippen molar-refractivity contribution in [2.45, 2.75) is 20.3 Å². The summed E-state index contributed by atoms with van der Waals surface area (Å²) >= 11 is 0. The average Bonchev–Trinajstić information content (AvgIpc) is 2.36. The smallest absolute Gasteiger partial charge is 0.129 e. The number of benzene rings is 1. The Morgan fingerprint density at radius 3 is 2.78 bits per heavy atom. The van der Waals surface area contributed by atoms with Crippen molar-refractivity contribution in [3.05, 3.63) is 42.0 Å². The molecular weight excluding hydrogens is 229 g/mol. The number of aryl methyl sites for hydroxylation is 1. The first-order valence-corrected chi connectivity index (χ1v) is 6.03. The van der Waals surface area contributed by atoms with E-state index in [-0.39, 0.29) is 5.82 Å². The highest BCUT2D eigenvalue weighted by Gasteiger charge is 2.05. The molecule has 1 N–H and O–H groups in total. The van der Waals surface area contributed by atoms with E-state index in [4.69, 9.17) is 0 Å². The van der Waals surface area contributed by atoms with E-state index in [2.05, 4.69) is 22.2 Å². The van der Waals surface area contributed by atoms with Gasteiger partial charge in [0.15, 0.2) is 0 Å². The van der Waals surface area contributed by atoms with Gasteiger partial charge in [0.25, 0.3) is 0 Å². The fraction of sp³-hybridized carbons (Fsp3) is 0.286. The Balaban J connectivity index is 2.32. The second-order valence-corrected chi connectivity index (χ2v) is 4.17. The molecule has 2 rings (SSSR count). The number of rotatable bonds is 4. The van der Waals surface area contributed by atoms with Crippen LogP contribution in [0.15, 0.2) is 30.6 Å². The minimum Gasteiger partial charge on any atom is -0.370 e. The second kappa shape index (κ2) is 5.58. The highest BCUT2D eigenvalue weighted by molar-refractivity contribution is 5.65. The summed E-state index contributed by atoms with van der Waals surface area (Å²) < 4.78 is 13.1. The summed E-state index contributed by atoms with van der Waals surface area (Å²) in [4.78, 5) is 8.39. The Morgan fingerprint density at radius 2 is 2.06 bits per heavy atom. The van der Waals surface area contributed by atoms with Crippen molar-refractivity contribution in [2.75, 3.05) is 11.9 Å². The highest BCUT2D eigenvalue weighted by Crippen LogP contribution is 2.23. The molecule has 2 aromatic rings. The summed E-state index contributed by atoms with van der Waals surface area (Å²) in [6.07, 6.45) is 2.56. The van der Waals surface area contributed by atoms with Gasteiger partial charge in [-0.3, -0.25) is 0 Å². The second-order valence-electron chi connectivity index (χ2n) is 4.17. The van der Waals surface area contributed by atoms with Gasteiger partial charge in [-0.2, -0.15) is 0 Å². The molecule has 3 nitrogen and oxygen atoms in total. The first-order chi connectivity index (χ1) is 8.70. The van der Waals surface area contributed by atoms with Crippen LogP contribution in [0.2, 0.25) is 0 Å². The van der Waals surface area contributed by atoms with Crippen LogP contribution in [-0.2, 0) is 0 Å². The number of aromatic nitrogens is 2. The standard InChI is InChI=1S/C14H16FN3/c1-3-6-16-14-8-13(17-9-18-14)12-5-4-11(15)7-10(12)2/h4-5,7-9H,3,6H2,1-2H3,(H,16,17,18). The summed E-state index contributed by atoms with van der Waals surface area (Å²) in [5, 5.41) is 3.21. The Hall–Kier alpha value is -1.97. The van der Waals surface area contributed by atoms with Crippen LogP contribution < -0.4 is 5.32 Å². The summed E-state index contributed by atoms with van der Waals surface area (Å²) in [5.74, 6) is 0.570. The van der Waals surface area contributed by atoms with Gasteiger partial charge >= 0.3 is 0 Å². The third-order valence-corrected chi connectivity index (χ3v) is 2.69. The van der Waals surface area contributed by atoms with Crippen LogP contribution in [0.3, 0.4) is 0 Å². The molecule has 94 valence electrons. The topological polar surface area (TPSA) is 37.8 Å². The minimum absolute atomic E-state index is 0.227. The van der Waals surface area contributed by atoms with E-state index in [9.17, 15) is 4.39 Å². The van der Waals surface area contributed by atoms with Crippen LogP contribution in [-0.4, -0.2) is 16.5 Å². The van der Waals surface area contributed by atoms with Gasteiger partial charge in [0.05, 0.1) is 5.69 Å². The van der Waals surface area contributed by atoms with Crippen molar-refractivity contribution in [2.24, 2.45) is 0 Å². The summed E-state index contributed by atoms with van der Waals surface area (Å²) in [6.45, 7) is 4.84. The van der Waals surface area contributed by atoms with Gasteiger partial charge < -0.3 is 5.32 Å². The Morgan fingerprint density at radius 1 is 1.22 bits per heavy atom. The van der Waals surface area contributed by atoms with Crippen LogP contribution in [0.25, 0.3) is 11.3 Å². The van der Waals surface area contributed by atoms with Gasteiger partial charge in [-0.15, -0.1) is 0 Å². The van der Waals surface area contributed by atoms with Gasteiger partial charge in [-0.1, -0.05) is 6.92 Å². The number of nitrogens with one attached hydrogen (secondary N) is 1. The molecule has 0 aliphatic carbocycles. The van der Waals surface area contributed by atoms with Gasteiger partial charge in [-0.25, -0.2) is 14.4 Å². The Labute approximate surface area is 106 Å². The van der Waals surface area contributed by atoms with E-state index in [0.717, 1.165) is 35.6 Å². The van der Waals surface area contributed by atoms with Crippen LogP contribution in [0.5, 0.6) is 0 Å². The van der Waals surface area contributed by atoms with Gasteiger partial charge in [0.2, 0.25) is 0 Å². The molecule has 0 aliphatic heterocycles. The van der Waals surface area contributed by atoms with Crippen molar-refractivity contribution in [1.29, 1.82) is 0 Å². The fourth-order valence-electron chi connectivity index (χ4n) is 1.77. The van der Waals surface area contributed by atoms with Crippen molar-refractivity contribution >= 4 is 5.82 Å². The van der Waals surface area contributed by atoms with Gasteiger partial charge in [-0.05, 0) is 37.1 Å². The molecule has 0 atom stereocenters. The van der Waals surface area contributed by atoms with E-state index >= 15 is 0 Å². The van der Waals surface area contributed by atoms with E-state index in [1.807, 2.05) is 13.0 Å². The fourth-order valence-corrected chi connectivity index (χ4v) is 1.77. The highest BCUT2D eigenvalue weighted by atomic mass is 19.1. The molecule has 18 heavy (non-hydrogen) atoms. The number of hydrogen-bond acceptors (Lipinski definition) is 3. The number of anilines is 1. The maximum atomic E-state index is 13.1. The lowest BCUT2D eigenvalue weighted by Crippen LogP contribution is -2.02. The van der Waals surface area contributed by atoms with Crippen molar-refractivity contribution in [3.63, 3.8) is 0 Å². The SMILES string of the molecule is CCCNc1cc(-c2ccc(F)cc2C)ncn1. The molecule has 0 aliphatic rings. The van der Waals surface area contributed by atoms with E-state index in [0.29, 0.717) is 0 Å². The largest absolute Gasteiger partial charge is 0.370 e. The molecule has 0 amide bonds. The molecule has 4 heteroatoms. The van der Waals surface area contributed by atoms with Crippen molar-refractivity contribution in [1.82, 2.24) is 9.97 Å². The average molecular weight is 245 g/mol. The van der Waals surface area contributed by atoms with E-state index < -0.39 is 0 Å². The third kappa shape index (κ3) is 2.83. The van der Waals surface area contributed by atoms with Crippen LogP contribution in [0.4, 0.5) is 10.2 Å². The molecule has 0 fully saturated rings. The Bertz CT molecular complexity index is 540. The number of hydrogen-bond donors (Lipinski definition) is 1. The zero-order valence-electron chi connectivity index (χ0n) is 10.6. The van der Waals surface area contributed by atoms with Gasteiger partial charge in [0, 0.05) is 18.2 Å². The number of halogens is 1. The molecule has 1 aromatic carbocycles. The lowest BCUT2D eigenvalue weighted by Gasteiger charge is -2.08. The predicted molar refractivity (Wildman–Crippen MR) is 70.9 cm³/mol. The first-order valence-electron chi connectivity index (χ1n) is 6.03. The molecule has 1 heterocycles. The molecular formula is C14H16FN3. The van der Waals surface area contributed by atoms with Crippen LogP contribution in [0.1, 0.15) is 18.9 Å². The quantitative estimate of drug-likeness (QED) is 0.897. The normalized spacial score (nSPS) is 10.4. The van der Waals surface area contributed by atoms with Gasteiger partial charge in [0.1, 0.15) is 18.0 Å². The molecule has 1 aromatic heterocycles. The Kier molecular flexibility index (Phi) is 3.87. The first kappa shape index (κ1) is 12.5. The monoisotopic (exact) mass is 245 g/mol. The molecule has 0 spiro atoms. The van der Waals surface area contributed by atoms with E-state index in [1.54, 1.807) is 6.07 Å². The maximum Gasteiger partial charge on any atom is 0.129 e. The molecule has 0 saturated heterocycles. The lowest BCUT2D eigenvalue weighted by atomic mass is 10.1. The molecule has 0 unspecified atom stereocenters. The molecule has 0 radical (unpaired) electrons. The van der Waals surface area contributed by atoms with Crippen LogP contribution >= 0.6 is 0 Å². The maximum absolute atomic E-state index is 13.1. The van der Waals surface area contributed by atoms with E-state index in [1.165, 1.54) is 18.5 Å². The third-order valence-electron chi connectivity index (χ3n) is 2.69. The van der Waals surface area contributed by atoms with Crippen molar-refractivity contribution < 1.29 is 4.39 Å². The number of nitrogens with zero attached hydrogens (tertiary/aromatic N) is 2. The summed E-state index contributed by atoms with van der Waals surface area (Å²) in [6, 6.07) is 6.59. The van der Waals surface area contributed by atoms with Crippen molar-refractivity contribution in [3.8, 4) is 11.3 Å².